The Kier molecular flexibility index (Phi) is 6.73. The molecule has 0 saturated heterocycles. The Morgan fingerprint density at radius 1 is 1.13 bits per heavy atom. The van der Waals surface area contributed by atoms with Crippen molar-refractivity contribution in [3.8, 4) is 0 Å². The van der Waals surface area contributed by atoms with Crippen molar-refractivity contribution in [1.29, 1.82) is 0 Å². The Labute approximate surface area is 188 Å². The molecule has 0 aliphatic heterocycles. The van der Waals surface area contributed by atoms with E-state index < -0.39 is 15.7 Å². The quantitative estimate of drug-likeness (QED) is 0.393. The van der Waals surface area contributed by atoms with Crippen LogP contribution in [0, 0.1) is 0 Å². The topological polar surface area (TPSA) is 124 Å². The van der Waals surface area contributed by atoms with Gasteiger partial charge in [0.2, 0.25) is 15.7 Å². The van der Waals surface area contributed by atoms with E-state index in [1.807, 2.05) is 0 Å². The van der Waals surface area contributed by atoms with Crippen molar-refractivity contribution in [1.82, 2.24) is 9.78 Å². The molecular formula is C20H19ClN4O4S2. The van der Waals surface area contributed by atoms with Crippen LogP contribution in [0.4, 0.5) is 11.5 Å². The fourth-order valence-electron chi connectivity index (χ4n) is 2.80. The molecule has 11 heteroatoms. The summed E-state index contributed by atoms with van der Waals surface area (Å²) >= 11 is 6.96. The van der Waals surface area contributed by atoms with Gasteiger partial charge in [-0.25, -0.2) is 13.1 Å². The molecule has 0 aliphatic rings. The average Bonchev–Trinajstić information content (AvgIpc) is 3.04. The fraction of sp³-hybridized carbons (Fsp3) is 0.150. The Morgan fingerprint density at radius 2 is 1.74 bits per heavy atom. The predicted molar refractivity (Wildman–Crippen MR) is 120 cm³/mol. The van der Waals surface area contributed by atoms with Gasteiger partial charge in [0, 0.05) is 16.3 Å². The second-order valence-corrected chi connectivity index (χ2v) is 9.64. The monoisotopic (exact) mass is 478 g/mol. The lowest BCUT2D eigenvalue weighted by Gasteiger charge is -2.08. The summed E-state index contributed by atoms with van der Waals surface area (Å²) in [5.41, 5.74) is 7.10. The number of sulfone groups is 1. The minimum absolute atomic E-state index is 0.0217. The van der Waals surface area contributed by atoms with Crippen LogP contribution in [0.3, 0.4) is 0 Å². The van der Waals surface area contributed by atoms with Gasteiger partial charge in [-0.05, 0) is 61.7 Å². The van der Waals surface area contributed by atoms with Gasteiger partial charge in [-0.2, -0.15) is 5.10 Å². The highest BCUT2D eigenvalue weighted by molar-refractivity contribution is 7.99. The number of amides is 1. The normalized spacial score (nSPS) is 11.3. The predicted octanol–water partition coefficient (Wildman–Crippen LogP) is 3.51. The molecule has 1 heterocycles. The zero-order valence-corrected chi connectivity index (χ0v) is 19.0. The summed E-state index contributed by atoms with van der Waals surface area (Å²) < 4.78 is 27.4. The number of aromatic nitrogens is 2. The molecule has 2 aromatic carbocycles. The number of hydrogen-bond acceptors (Lipinski definition) is 7. The van der Waals surface area contributed by atoms with Gasteiger partial charge in [0.25, 0.3) is 0 Å². The van der Waals surface area contributed by atoms with Crippen LogP contribution in [0.1, 0.15) is 17.3 Å². The first-order valence-corrected chi connectivity index (χ1v) is 12.0. The van der Waals surface area contributed by atoms with E-state index in [-0.39, 0.29) is 33.0 Å². The first-order valence-electron chi connectivity index (χ1n) is 8.95. The van der Waals surface area contributed by atoms with Crippen LogP contribution in [0.2, 0.25) is 5.02 Å². The standard InChI is InChI=1S/C20H19ClN4O4S2/c1-12(26)13-3-7-15(8-4-13)23-17(27)11-25-19(22)18(20(24-25)30-2)31(28,29)16-9-5-14(21)6-10-16/h3-10H,11,22H2,1-2H3,(H,23,27). The number of carbonyl (C=O) groups is 2. The minimum atomic E-state index is -3.97. The number of nitrogens with zero attached hydrogens (tertiary/aromatic N) is 2. The summed E-state index contributed by atoms with van der Waals surface area (Å²) in [5, 5.41) is 7.46. The molecule has 0 saturated carbocycles. The van der Waals surface area contributed by atoms with Gasteiger partial charge < -0.3 is 11.1 Å². The van der Waals surface area contributed by atoms with Crippen molar-refractivity contribution < 1.29 is 18.0 Å². The molecule has 8 nitrogen and oxygen atoms in total. The van der Waals surface area contributed by atoms with Crippen LogP contribution >= 0.6 is 23.4 Å². The van der Waals surface area contributed by atoms with Gasteiger partial charge in [0.15, 0.2) is 5.78 Å². The number of nitrogens with two attached hydrogens (primary N) is 1. The van der Waals surface area contributed by atoms with Crippen LogP contribution in [-0.2, 0) is 21.2 Å². The molecule has 0 spiro atoms. The number of hydrogen-bond donors (Lipinski definition) is 2. The van der Waals surface area contributed by atoms with E-state index in [0.717, 1.165) is 16.4 Å². The van der Waals surface area contributed by atoms with E-state index in [1.165, 1.54) is 31.2 Å². The number of Topliss-reactive ketones (excluding diaryl/α,β-unsaturated/α-hetero) is 1. The van der Waals surface area contributed by atoms with Crippen molar-refractivity contribution in [2.45, 2.75) is 28.3 Å². The molecule has 0 fully saturated rings. The van der Waals surface area contributed by atoms with E-state index in [0.29, 0.717) is 16.3 Å². The Balaban J connectivity index is 1.86. The molecule has 0 bridgehead atoms. The highest BCUT2D eigenvalue weighted by atomic mass is 35.5. The zero-order chi connectivity index (χ0) is 22.8. The number of nitrogens with one attached hydrogen (secondary N) is 1. The van der Waals surface area contributed by atoms with Gasteiger partial charge in [0.1, 0.15) is 22.3 Å². The van der Waals surface area contributed by atoms with E-state index in [2.05, 4.69) is 10.4 Å². The second kappa shape index (κ2) is 9.13. The summed E-state index contributed by atoms with van der Waals surface area (Å²) in [5.74, 6) is -0.671. The number of ketones is 1. The highest BCUT2D eigenvalue weighted by Gasteiger charge is 2.29. The lowest BCUT2D eigenvalue weighted by molar-refractivity contribution is -0.116. The zero-order valence-electron chi connectivity index (χ0n) is 16.6. The van der Waals surface area contributed by atoms with E-state index in [4.69, 9.17) is 17.3 Å². The SMILES string of the molecule is CSc1nn(CC(=O)Nc2ccc(C(C)=O)cc2)c(N)c1S(=O)(=O)c1ccc(Cl)cc1. The summed E-state index contributed by atoms with van der Waals surface area (Å²) in [6, 6.07) is 12.1. The number of benzene rings is 2. The summed E-state index contributed by atoms with van der Waals surface area (Å²) in [4.78, 5) is 23.7. The van der Waals surface area contributed by atoms with Crippen LogP contribution in [0.25, 0.3) is 0 Å². The van der Waals surface area contributed by atoms with Gasteiger partial charge in [-0.3, -0.25) is 9.59 Å². The molecule has 0 unspecified atom stereocenters. The molecule has 3 rings (SSSR count). The van der Waals surface area contributed by atoms with Gasteiger partial charge in [-0.15, -0.1) is 11.8 Å². The lowest BCUT2D eigenvalue weighted by Crippen LogP contribution is -2.21. The van der Waals surface area contributed by atoms with Crippen LogP contribution < -0.4 is 11.1 Å². The van der Waals surface area contributed by atoms with Crippen molar-refractivity contribution in [2.24, 2.45) is 0 Å². The van der Waals surface area contributed by atoms with Crippen molar-refractivity contribution in [2.75, 3.05) is 17.3 Å². The molecule has 0 atom stereocenters. The molecule has 3 aromatic rings. The van der Waals surface area contributed by atoms with Gasteiger partial charge in [0.05, 0.1) is 4.90 Å². The van der Waals surface area contributed by atoms with Crippen molar-refractivity contribution >= 4 is 56.4 Å². The number of anilines is 2. The molecule has 0 radical (unpaired) electrons. The molecule has 3 N–H and O–H groups in total. The highest BCUT2D eigenvalue weighted by Crippen LogP contribution is 2.34. The Bertz CT molecular complexity index is 1240. The maximum absolute atomic E-state index is 13.1. The molecule has 31 heavy (non-hydrogen) atoms. The molecule has 162 valence electrons. The number of nitrogen functional groups attached to an aromatic ring is 1. The average molecular weight is 479 g/mol. The maximum atomic E-state index is 13.1. The maximum Gasteiger partial charge on any atom is 0.246 e. The van der Waals surface area contributed by atoms with E-state index >= 15 is 0 Å². The molecular weight excluding hydrogens is 460 g/mol. The molecule has 1 aromatic heterocycles. The Morgan fingerprint density at radius 3 is 2.29 bits per heavy atom. The third-order valence-corrected chi connectivity index (χ3v) is 7.26. The third kappa shape index (κ3) is 4.92. The number of rotatable bonds is 7. The summed E-state index contributed by atoms with van der Waals surface area (Å²) in [6.45, 7) is 1.16. The van der Waals surface area contributed by atoms with Crippen LogP contribution in [-0.4, -0.2) is 36.1 Å². The largest absolute Gasteiger partial charge is 0.383 e. The van der Waals surface area contributed by atoms with Crippen molar-refractivity contribution in [3.05, 3.63) is 59.1 Å². The van der Waals surface area contributed by atoms with E-state index in [9.17, 15) is 18.0 Å². The fourth-order valence-corrected chi connectivity index (χ4v) is 5.36. The Hall–Kier alpha value is -2.82. The first kappa shape index (κ1) is 22.9. The van der Waals surface area contributed by atoms with Crippen molar-refractivity contribution in [3.63, 3.8) is 0 Å². The number of thioether (sulfide) groups is 1. The summed E-state index contributed by atoms with van der Waals surface area (Å²) in [6.07, 6.45) is 1.67. The lowest BCUT2D eigenvalue weighted by atomic mass is 10.1. The third-order valence-electron chi connectivity index (χ3n) is 4.37. The van der Waals surface area contributed by atoms with Gasteiger partial charge >= 0.3 is 0 Å². The first-order chi connectivity index (χ1) is 14.6. The second-order valence-electron chi connectivity index (χ2n) is 6.52. The number of carbonyl (C=O) groups excluding carboxylic acids is 2. The van der Waals surface area contributed by atoms with Crippen LogP contribution in [0.15, 0.2) is 63.3 Å². The smallest absolute Gasteiger partial charge is 0.246 e. The summed E-state index contributed by atoms with van der Waals surface area (Å²) in [7, 11) is -3.97. The molecule has 1 amide bonds. The van der Waals surface area contributed by atoms with Gasteiger partial charge in [-0.1, -0.05) is 11.6 Å². The molecule has 0 aliphatic carbocycles. The van der Waals surface area contributed by atoms with Crippen LogP contribution in [0.5, 0.6) is 0 Å². The number of halogens is 1. The van der Waals surface area contributed by atoms with E-state index in [1.54, 1.807) is 30.5 Å². The minimum Gasteiger partial charge on any atom is -0.383 e.